The Kier molecular flexibility index (Phi) is 6.09. The first-order chi connectivity index (χ1) is 16.0. The molecule has 0 bridgehead atoms. The van der Waals surface area contributed by atoms with Crippen LogP contribution in [0.5, 0.6) is 5.75 Å². The van der Waals surface area contributed by atoms with Crippen molar-refractivity contribution in [1.29, 1.82) is 0 Å². The Labute approximate surface area is 190 Å². The summed E-state index contributed by atoms with van der Waals surface area (Å²) in [6.45, 7) is 5.63. The number of benzene rings is 1. The molecule has 0 radical (unpaired) electrons. The van der Waals surface area contributed by atoms with Crippen LogP contribution < -0.4 is 16.0 Å². The molecule has 3 amide bonds. The fourth-order valence-corrected chi connectivity index (χ4v) is 3.93. The Bertz CT molecular complexity index is 1230. The SMILES string of the molecule is C=C(C(=O)N1CCN(C(=O)c2ccccc2)CC1)c1c[nH]c2c(C(=O)NN)ncc(OC)c12. The van der Waals surface area contributed by atoms with Crippen LogP contribution >= 0.6 is 0 Å². The van der Waals surface area contributed by atoms with Crippen LogP contribution in [0.1, 0.15) is 26.4 Å². The highest BCUT2D eigenvalue weighted by Crippen LogP contribution is 2.34. The molecule has 3 heterocycles. The molecule has 0 saturated carbocycles. The van der Waals surface area contributed by atoms with Crippen LogP contribution in [0.25, 0.3) is 16.5 Å². The third-order valence-corrected chi connectivity index (χ3v) is 5.70. The number of piperazine rings is 1. The smallest absolute Gasteiger partial charge is 0.285 e. The van der Waals surface area contributed by atoms with Crippen molar-refractivity contribution >= 4 is 34.2 Å². The van der Waals surface area contributed by atoms with Gasteiger partial charge in [0.2, 0.25) is 0 Å². The minimum Gasteiger partial charge on any atom is -0.494 e. The number of nitrogens with two attached hydrogens (primary N) is 1. The van der Waals surface area contributed by atoms with Crippen molar-refractivity contribution in [2.45, 2.75) is 0 Å². The molecule has 0 aliphatic carbocycles. The molecule has 4 N–H and O–H groups in total. The number of amides is 3. The van der Waals surface area contributed by atoms with Gasteiger partial charge >= 0.3 is 0 Å². The maximum absolute atomic E-state index is 13.2. The van der Waals surface area contributed by atoms with Gasteiger partial charge in [-0.2, -0.15) is 0 Å². The molecule has 4 rings (SSSR count). The summed E-state index contributed by atoms with van der Waals surface area (Å²) in [5, 5.41) is 0.516. The van der Waals surface area contributed by atoms with E-state index in [0.29, 0.717) is 54.0 Å². The number of methoxy groups -OCH3 is 1. The van der Waals surface area contributed by atoms with E-state index in [1.54, 1.807) is 28.1 Å². The monoisotopic (exact) mass is 448 g/mol. The molecule has 3 aromatic rings. The first-order valence-corrected chi connectivity index (χ1v) is 10.3. The van der Waals surface area contributed by atoms with Gasteiger partial charge in [-0.15, -0.1) is 0 Å². The summed E-state index contributed by atoms with van der Waals surface area (Å²) in [6.07, 6.45) is 2.99. The standard InChI is InChI=1S/C23H24N6O4/c1-14(16-12-25-19-18(16)17(33-2)13-26-20(19)21(30)27-24)22(31)28-8-10-29(11-9-28)23(32)15-6-4-3-5-7-15/h3-7,12-13,25H,1,8-11,24H2,2H3,(H,27,30). The third-order valence-electron chi connectivity index (χ3n) is 5.70. The number of nitrogens with zero attached hydrogens (tertiary/aromatic N) is 3. The van der Waals surface area contributed by atoms with E-state index in [1.165, 1.54) is 13.3 Å². The summed E-state index contributed by atoms with van der Waals surface area (Å²) in [7, 11) is 1.48. The number of aromatic amines is 1. The lowest BCUT2D eigenvalue weighted by Crippen LogP contribution is -2.50. The highest BCUT2D eigenvalue weighted by atomic mass is 16.5. The number of H-pyrrole nitrogens is 1. The molecule has 170 valence electrons. The zero-order valence-electron chi connectivity index (χ0n) is 18.1. The van der Waals surface area contributed by atoms with Crippen LogP contribution in [-0.4, -0.2) is 70.8 Å². The van der Waals surface area contributed by atoms with Gasteiger partial charge in [-0.1, -0.05) is 24.8 Å². The number of rotatable bonds is 5. The zero-order chi connectivity index (χ0) is 23.5. The average Bonchev–Trinajstić information content (AvgIpc) is 3.32. The molecular weight excluding hydrogens is 424 g/mol. The van der Waals surface area contributed by atoms with Gasteiger partial charge in [0.05, 0.1) is 24.2 Å². The summed E-state index contributed by atoms with van der Waals surface area (Å²) >= 11 is 0. The van der Waals surface area contributed by atoms with Crippen molar-refractivity contribution < 1.29 is 19.1 Å². The van der Waals surface area contributed by atoms with Crippen LogP contribution in [0, 0.1) is 0 Å². The molecule has 10 nitrogen and oxygen atoms in total. The van der Waals surface area contributed by atoms with Crippen molar-refractivity contribution in [3.05, 3.63) is 66.1 Å². The van der Waals surface area contributed by atoms with E-state index in [4.69, 9.17) is 10.6 Å². The molecule has 1 aliphatic heterocycles. The number of hydrogen-bond acceptors (Lipinski definition) is 6. The normalized spacial score (nSPS) is 13.6. The number of carbonyl (C=O) groups is 3. The van der Waals surface area contributed by atoms with Crippen LogP contribution in [0.2, 0.25) is 0 Å². The molecule has 33 heavy (non-hydrogen) atoms. The van der Waals surface area contributed by atoms with E-state index in [-0.39, 0.29) is 23.1 Å². The van der Waals surface area contributed by atoms with Crippen molar-refractivity contribution in [2.24, 2.45) is 5.84 Å². The Hall–Kier alpha value is -4.18. The molecule has 0 spiro atoms. The highest BCUT2D eigenvalue weighted by Gasteiger charge is 2.28. The summed E-state index contributed by atoms with van der Waals surface area (Å²) in [5.41, 5.74) is 3.89. The van der Waals surface area contributed by atoms with Gasteiger partial charge in [0.1, 0.15) is 5.75 Å². The molecular formula is C23H24N6O4. The predicted octanol–water partition coefficient (Wildman–Crippen LogP) is 1.17. The number of hydrazine groups is 1. The first-order valence-electron chi connectivity index (χ1n) is 10.3. The lowest BCUT2D eigenvalue weighted by molar-refractivity contribution is -0.126. The van der Waals surface area contributed by atoms with E-state index in [9.17, 15) is 14.4 Å². The fourth-order valence-electron chi connectivity index (χ4n) is 3.93. The molecule has 2 aromatic heterocycles. The van der Waals surface area contributed by atoms with Gasteiger partial charge in [-0.25, -0.2) is 10.8 Å². The Morgan fingerprint density at radius 3 is 2.42 bits per heavy atom. The van der Waals surface area contributed by atoms with Crippen LogP contribution in [0.3, 0.4) is 0 Å². The molecule has 1 aromatic carbocycles. The van der Waals surface area contributed by atoms with Crippen molar-refractivity contribution in [2.75, 3.05) is 33.3 Å². The Morgan fingerprint density at radius 1 is 1.12 bits per heavy atom. The molecule has 1 aliphatic rings. The molecule has 0 unspecified atom stereocenters. The van der Waals surface area contributed by atoms with Crippen molar-refractivity contribution in [1.82, 2.24) is 25.2 Å². The van der Waals surface area contributed by atoms with Gasteiger partial charge in [0.25, 0.3) is 17.7 Å². The molecule has 0 atom stereocenters. The number of pyridine rings is 1. The van der Waals surface area contributed by atoms with E-state index < -0.39 is 5.91 Å². The number of aromatic nitrogens is 2. The van der Waals surface area contributed by atoms with Crippen LogP contribution in [0.4, 0.5) is 0 Å². The van der Waals surface area contributed by atoms with Crippen LogP contribution in [0.15, 0.2) is 49.3 Å². The minimum absolute atomic E-state index is 0.0545. The minimum atomic E-state index is -0.577. The quantitative estimate of drug-likeness (QED) is 0.232. The second-order valence-corrected chi connectivity index (χ2v) is 7.53. The van der Waals surface area contributed by atoms with Crippen LogP contribution in [-0.2, 0) is 4.79 Å². The van der Waals surface area contributed by atoms with E-state index in [2.05, 4.69) is 22.0 Å². The first kappa shape index (κ1) is 22.0. The Balaban J connectivity index is 1.53. The molecule has 10 heteroatoms. The number of fused-ring (bicyclic) bond motifs is 1. The summed E-state index contributed by atoms with van der Waals surface area (Å²) in [4.78, 5) is 48.4. The molecule has 1 saturated heterocycles. The van der Waals surface area contributed by atoms with E-state index >= 15 is 0 Å². The zero-order valence-corrected chi connectivity index (χ0v) is 18.1. The predicted molar refractivity (Wildman–Crippen MR) is 122 cm³/mol. The highest BCUT2D eigenvalue weighted by molar-refractivity contribution is 6.23. The fraction of sp³-hybridized carbons (Fsp3) is 0.217. The average molecular weight is 448 g/mol. The van der Waals surface area contributed by atoms with Crippen molar-refractivity contribution in [3.8, 4) is 5.75 Å². The lowest BCUT2D eigenvalue weighted by Gasteiger charge is -2.35. The number of hydrogen-bond donors (Lipinski definition) is 3. The summed E-state index contributed by atoms with van der Waals surface area (Å²) in [6, 6.07) is 9.07. The largest absolute Gasteiger partial charge is 0.494 e. The Morgan fingerprint density at radius 2 is 1.79 bits per heavy atom. The van der Waals surface area contributed by atoms with Crippen molar-refractivity contribution in [3.63, 3.8) is 0 Å². The van der Waals surface area contributed by atoms with Gasteiger partial charge in [0.15, 0.2) is 5.69 Å². The van der Waals surface area contributed by atoms with E-state index in [1.807, 2.05) is 18.2 Å². The third kappa shape index (κ3) is 4.03. The summed E-state index contributed by atoms with van der Waals surface area (Å²) < 4.78 is 5.40. The number of nitrogens with one attached hydrogen (secondary N) is 2. The molecule has 1 fully saturated rings. The number of nitrogen functional groups attached to an aromatic ring is 1. The second kappa shape index (κ2) is 9.13. The second-order valence-electron chi connectivity index (χ2n) is 7.53. The van der Waals surface area contributed by atoms with Gasteiger partial charge < -0.3 is 19.5 Å². The topological polar surface area (TPSA) is 134 Å². The lowest BCUT2D eigenvalue weighted by atomic mass is 10.0. The summed E-state index contributed by atoms with van der Waals surface area (Å²) in [5.74, 6) is 4.76. The number of ether oxygens (including phenoxy) is 1. The number of carbonyl (C=O) groups excluding carboxylic acids is 3. The van der Waals surface area contributed by atoms with Gasteiger partial charge in [0, 0.05) is 49.1 Å². The maximum Gasteiger partial charge on any atom is 0.285 e. The van der Waals surface area contributed by atoms with Gasteiger partial charge in [-0.3, -0.25) is 19.8 Å². The van der Waals surface area contributed by atoms with Gasteiger partial charge in [-0.05, 0) is 12.1 Å². The maximum atomic E-state index is 13.2. The van der Waals surface area contributed by atoms with E-state index in [0.717, 1.165) is 0 Å².